The number of ether oxygens (including phenoxy) is 3. The van der Waals surface area contributed by atoms with Gasteiger partial charge in [-0.2, -0.15) is 5.26 Å². The van der Waals surface area contributed by atoms with E-state index in [1.54, 1.807) is 38.5 Å². The minimum absolute atomic E-state index is 0.219. The van der Waals surface area contributed by atoms with E-state index in [4.69, 9.17) is 14.2 Å². The van der Waals surface area contributed by atoms with Crippen LogP contribution in [0.15, 0.2) is 75.0 Å². The van der Waals surface area contributed by atoms with Crippen LogP contribution in [0.25, 0.3) is 6.08 Å². The van der Waals surface area contributed by atoms with Gasteiger partial charge in [0.1, 0.15) is 12.4 Å². The summed E-state index contributed by atoms with van der Waals surface area (Å²) in [5.74, 6) is 1.52. The van der Waals surface area contributed by atoms with Crippen molar-refractivity contribution < 1.29 is 19.0 Å². The molecule has 1 amide bonds. The average molecular weight is 550 g/mol. The van der Waals surface area contributed by atoms with E-state index in [-0.39, 0.29) is 12.5 Å². The van der Waals surface area contributed by atoms with Gasteiger partial charge in [-0.1, -0.05) is 34.1 Å². The number of halogens is 1. The molecular weight excluding hydrogens is 530 g/mol. The minimum Gasteiger partial charge on any atom is -0.497 e. The maximum Gasteiger partial charge on any atom is 0.264 e. The van der Waals surface area contributed by atoms with Gasteiger partial charge in [-0.05, 0) is 65.9 Å². The van der Waals surface area contributed by atoms with E-state index in [2.05, 4.69) is 32.3 Å². The Morgan fingerprint density at radius 1 is 1.09 bits per heavy atom. The molecule has 1 N–H and O–H groups in total. The lowest BCUT2D eigenvalue weighted by Crippen LogP contribution is -2.19. The summed E-state index contributed by atoms with van der Waals surface area (Å²) >= 11 is 4.81. The second-order valence-corrected chi connectivity index (χ2v) is 9.15. The van der Waals surface area contributed by atoms with Crippen molar-refractivity contribution in [2.75, 3.05) is 14.2 Å². The number of thioether (sulfide) groups is 1. The number of amides is 1. The molecule has 0 aromatic heterocycles. The molecule has 0 spiro atoms. The quantitative estimate of drug-likeness (QED) is 0.374. The van der Waals surface area contributed by atoms with Crippen LogP contribution in [0.4, 0.5) is 5.69 Å². The first-order chi connectivity index (χ1) is 17.0. The predicted octanol–water partition coefficient (Wildman–Crippen LogP) is 5.81. The molecule has 0 radical (unpaired) electrons. The minimum atomic E-state index is -0.235. The first-order valence-corrected chi connectivity index (χ1v) is 12.0. The van der Waals surface area contributed by atoms with Crippen molar-refractivity contribution in [2.45, 2.75) is 6.61 Å². The Morgan fingerprint density at radius 3 is 2.57 bits per heavy atom. The molecule has 3 aromatic rings. The number of nitriles is 1. The van der Waals surface area contributed by atoms with Crippen LogP contribution in [0, 0.1) is 11.3 Å². The number of hydrogen-bond acceptors (Lipinski definition) is 7. The van der Waals surface area contributed by atoms with Crippen LogP contribution in [0.3, 0.4) is 0 Å². The molecule has 35 heavy (non-hydrogen) atoms. The summed E-state index contributed by atoms with van der Waals surface area (Å²) in [6.07, 6.45) is 1.76. The molecule has 4 rings (SSSR count). The highest BCUT2D eigenvalue weighted by atomic mass is 79.9. The fourth-order valence-corrected chi connectivity index (χ4v) is 4.51. The molecular formula is C26H20BrN3O4S. The van der Waals surface area contributed by atoms with Gasteiger partial charge in [-0.25, -0.2) is 4.99 Å². The van der Waals surface area contributed by atoms with Gasteiger partial charge in [0.2, 0.25) is 0 Å². The van der Waals surface area contributed by atoms with Gasteiger partial charge >= 0.3 is 0 Å². The summed E-state index contributed by atoms with van der Waals surface area (Å²) in [6, 6.07) is 20.2. The highest BCUT2D eigenvalue weighted by Gasteiger charge is 2.24. The molecule has 7 nitrogen and oxygen atoms in total. The number of methoxy groups -OCH3 is 2. The van der Waals surface area contributed by atoms with Crippen molar-refractivity contribution in [3.8, 4) is 23.3 Å². The third-order valence-electron chi connectivity index (χ3n) is 5.04. The fourth-order valence-electron chi connectivity index (χ4n) is 3.24. The summed E-state index contributed by atoms with van der Waals surface area (Å²) in [6.45, 7) is 0.219. The first-order valence-electron chi connectivity index (χ1n) is 10.4. The lowest BCUT2D eigenvalue weighted by Gasteiger charge is -2.13. The summed E-state index contributed by atoms with van der Waals surface area (Å²) in [5.41, 5.74) is 2.79. The number of nitrogens with one attached hydrogen (secondary N) is 1. The number of aliphatic imine (C=N–C) groups is 1. The van der Waals surface area contributed by atoms with E-state index < -0.39 is 0 Å². The first kappa shape index (κ1) is 24.4. The number of rotatable bonds is 7. The van der Waals surface area contributed by atoms with E-state index in [0.29, 0.717) is 32.8 Å². The van der Waals surface area contributed by atoms with Gasteiger partial charge in [0.05, 0.1) is 36.4 Å². The van der Waals surface area contributed by atoms with Gasteiger partial charge in [-0.3, -0.25) is 4.79 Å². The van der Waals surface area contributed by atoms with Crippen LogP contribution in [0.2, 0.25) is 0 Å². The Balaban J connectivity index is 1.53. The second-order valence-electron chi connectivity index (χ2n) is 7.26. The van der Waals surface area contributed by atoms with Crippen molar-refractivity contribution in [2.24, 2.45) is 4.99 Å². The molecule has 0 unspecified atom stereocenters. The second kappa shape index (κ2) is 11.1. The van der Waals surface area contributed by atoms with Gasteiger partial charge in [0.25, 0.3) is 5.91 Å². The monoisotopic (exact) mass is 549 g/mol. The van der Waals surface area contributed by atoms with Crippen LogP contribution in [-0.2, 0) is 11.4 Å². The topological polar surface area (TPSA) is 92.9 Å². The summed E-state index contributed by atoms with van der Waals surface area (Å²) in [4.78, 5) is 17.5. The Kier molecular flexibility index (Phi) is 7.75. The normalized spacial score (nSPS) is 15.1. The van der Waals surface area contributed by atoms with E-state index in [1.807, 2.05) is 42.5 Å². The zero-order valence-corrected chi connectivity index (χ0v) is 21.3. The Labute approximate surface area is 215 Å². The van der Waals surface area contributed by atoms with E-state index in [9.17, 15) is 10.1 Å². The van der Waals surface area contributed by atoms with E-state index in [0.717, 1.165) is 21.3 Å². The predicted molar refractivity (Wildman–Crippen MR) is 140 cm³/mol. The summed E-state index contributed by atoms with van der Waals surface area (Å²) < 4.78 is 17.3. The van der Waals surface area contributed by atoms with Gasteiger partial charge in [0, 0.05) is 10.0 Å². The molecule has 3 aromatic carbocycles. The molecule has 1 saturated heterocycles. The third-order valence-corrected chi connectivity index (χ3v) is 6.64. The number of hydrogen-bond donors (Lipinski definition) is 1. The molecule has 9 heteroatoms. The maximum atomic E-state index is 12.5. The molecule has 0 aliphatic carbocycles. The largest absolute Gasteiger partial charge is 0.497 e. The summed E-state index contributed by atoms with van der Waals surface area (Å²) in [5, 5.41) is 12.6. The molecule has 1 aliphatic rings. The maximum absolute atomic E-state index is 12.5. The number of nitrogens with zero attached hydrogens (tertiary/aromatic N) is 2. The zero-order valence-electron chi connectivity index (χ0n) is 18.9. The van der Waals surface area contributed by atoms with Crippen LogP contribution in [0.1, 0.15) is 16.7 Å². The zero-order chi connectivity index (χ0) is 24.8. The Morgan fingerprint density at radius 2 is 1.86 bits per heavy atom. The van der Waals surface area contributed by atoms with Crippen LogP contribution < -0.4 is 19.5 Å². The molecule has 1 heterocycles. The van der Waals surface area contributed by atoms with Crippen molar-refractivity contribution in [1.29, 1.82) is 5.26 Å². The lowest BCUT2D eigenvalue weighted by atomic mass is 10.1. The lowest BCUT2D eigenvalue weighted by molar-refractivity contribution is -0.115. The van der Waals surface area contributed by atoms with Crippen molar-refractivity contribution >= 4 is 50.5 Å². The Hall–Kier alpha value is -3.74. The van der Waals surface area contributed by atoms with Crippen LogP contribution in [-0.4, -0.2) is 25.3 Å². The molecule has 0 saturated carbocycles. The standard InChI is InChI=1S/C26H20BrN3O4S/c1-32-20-9-7-19(8-10-20)29-26-30-25(31)24(35-26)12-18-11-22(33-2)23(13-21(18)27)34-15-17-6-4-3-5-16(17)14-28/h3-13H,15H2,1-2H3,(H,29,30,31)/b24-12+. The van der Waals surface area contributed by atoms with Crippen molar-refractivity contribution in [1.82, 2.24) is 5.32 Å². The van der Waals surface area contributed by atoms with Crippen molar-refractivity contribution in [3.05, 3.63) is 86.7 Å². The van der Waals surface area contributed by atoms with Crippen LogP contribution in [0.5, 0.6) is 17.2 Å². The highest BCUT2D eigenvalue weighted by Crippen LogP contribution is 2.37. The third kappa shape index (κ3) is 5.85. The molecule has 0 bridgehead atoms. The molecule has 176 valence electrons. The van der Waals surface area contributed by atoms with Gasteiger partial charge in [0.15, 0.2) is 16.7 Å². The molecule has 1 fully saturated rings. The number of amidine groups is 1. The average Bonchev–Trinajstić information content (AvgIpc) is 3.22. The molecule has 0 atom stereocenters. The van der Waals surface area contributed by atoms with Gasteiger partial charge in [-0.15, -0.1) is 0 Å². The SMILES string of the molecule is COc1ccc(N=C2NC(=O)/C(=C\c3cc(OC)c(OCc4ccccc4C#N)cc3Br)S2)cc1. The van der Waals surface area contributed by atoms with E-state index >= 15 is 0 Å². The molecule has 1 aliphatic heterocycles. The smallest absolute Gasteiger partial charge is 0.264 e. The number of carbonyl (C=O) groups excluding carboxylic acids is 1. The fraction of sp³-hybridized carbons (Fsp3) is 0.115. The van der Waals surface area contributed by atoms with Crippen LogP contribution >= 0.6 is 27.7 Å². The van der Waals surface area contributed by atoms with E-state index in [1.165, 1.54) is 11.8 Å². The van der Waals surface area contributed by atoms with Gasteiger partial charge < -0.3 is 19.5 Å². The number of benzene rings is 3. The summed E-state index contributed by atoms with van der Waals surface area (Å²) in [7, 11) is 3.15. The van der Waals surface area contributed by atoms with Crippen molar-refractivity contribution in [3.63, 3.8) is 0 Å². The highest BCUT2D eigenvalue weighted by molar-refractivity contribution is 9.10. The Bertz CT molecular complexity index is 1360. The number of carbonyl (C=O) groups is 1.